The van der Waals surface area contributed by atoms with Crippen molar-refractivity contribution >= 4 is 25.8 Å². The van der Waals surface area contributed by atoms with Gasteiger partial charge in [-0.15, -0.1) is 0 Å². The quantitative estimate of drug-likeness (QED) is 0.539. The van der Waals surface area contributed by atoms with Crippen LogP contribution >= 0.6 is 0 Å². The summed E-state index contributed by atoms with van der Waals surface area (Å²) in [6.07, 6.45) is 4.44. The minimum absolute atomic E-state index is 0.0527. The van der Waals surface area contributed by atoms with Crippen molar-refractivity contribution in [3.63, 3.8) is 0 Å². The van der Waals surface area contributed by atoms with E-state index in [0.29, 0.717) is 0 Å². The lowest BCUT2D eigenvalue weighted by Crippen LogP contribution is -2.61. The summed E-state index contributed by atoms with van der Waals surface area (Å²) in [7, 11) is -7.63. The van der Waals surface area contributed by atoms with Gasteiger partial charge in [0.05, 0.1) is 23.1 Å². The Hall–Kier alpha value is -0.870. The van der Waals surface area contributed by atoms with E-state index in [1.54, 1.807) is 4.90 Å². The number of hydrogen-bond donors (Lipinski definition) is 0. The molecule has 0 radical (unpaired) electrons. The highest BCUT2D eigenvalue weighted by Crippen LogP contribution is 2.51. The summed E-state index contributed by atoms with van der Waals surface area (Å²) in [5.41, 5.74) is -2.41. The van der Waals surface area contributed by atoms with Crippen LogP contribution in [0.4, 0.5) is 4.79 Å². The summed E-state index contributed by atoms with van der Waals surface area (Å²) in [5.74, 6) is -0.0965. The second-order valence-electron chi connectivity index (χ2n) is 12.1. The number of hydrogen-bond acceptors (Lipinski definition) is 7. The van der Waals surface area contributed by atoms with Crippen molar-refractivity contribution in [2.24, 2.45) is 5.92 Å². The Labute approximate surface area is 206 Å². The first-order valence-corrected chi connectivity index (χ1v) is 15.8. The van der Waals surface area contributed by atoms with Gasteiger partial charge in [0.2, 0.25) is 0 Å². The molecule has 1 amide bonds. The van der Waals surface area contributed by atoms with Crippen LogP contribution in [-0.2, 0) is 29.1 Å². The van der Waals surface area contributed by atoms with E-state index in [0.717, 1.165) is 32.1 Å². The van der Waals surface area contributed by atoms with Gasteiger partial charge in [-0.05, 0) is 86.5 Å². The van der Waals surface area contributed by atoms with Gasteiger partial charge in [0, 0.05) is 0 Å². The minimum Gasteiger partial charge on any atom is -0.444 e. The summed E-state index contributed by atoms with van der Waals surface area (Å²) < 4.78 is 62.2. The maximum atomic E-state index is 13.5. The van der Waals surface area contributed by atoms with Crippen molar-refractivity contribution in [2.75, 3.05) is 11.5 Å². The Kier molecular flexibility index (Phi) is 7.26. The van der Waals surface area contributed by atoms with E-state index in [4.69, 9.17) is 9.47 Å². The fourth-order valence-electron chi connectivity index (χ4n) is 6.22. The summed E-state index contributed by atoms with van der Waals surface area (Å²) in [4.78, 5) is 15.2. The van der Waals surface area contributed by atoms with Crippen LogP contribution in [0.1, 0.15) is 99.8 Å². The van der Waals surface area contributed by atoms with Crippen molar-refractivity contribution < 1.29 is 31.1 Å². The van der Waals surface area contributed by atoms with Crippen LogP contribution in [0.3, 0.4) is 0 Å². The molecule has 2 saturated heterocycles. The van der Waals surface area contributed by atoms with E-state index in [2.05, 4.69) is 0 Å². The number of carbonyl (C=O) groups excluding carboxylic acids is 1. The SMILES string of the molecule is CC(C)(C)OC(=O)N1C(C)(C)O[C@@H](CCC2(C)S(=O)(=O)CCCS2(=O)=O)[C@]1(C)C1CCCCC1. The molecule has 2 aliphatic heterocycles. The molecule has 3 fully saturated rings. The van der Waals surface area contributed by atoms with Gasteiger partial charge >= 0.3 is 6.09 Å². The normalized spacial score (nSPS) is 32.9. The topological polar surface area (TPSA) is 107 Å². The molecule has 1 aliphatic carbocycles. The molecule has 2 atom stereocenters. The maximum Gasteiger partial charge on any atom is 0.413 e. The van der Waals surface area contributed by atoms with Crippen molar-refractivity contribution in [2.45, 2.75) is 127 Å². The predicted octanol–water partition coefficient (Wildman–Crippen LogP) is 4.43. The molecule has 0 aromatic rings. The lowest BCUT2D eigenvalue weighted by molar-refractivity contribution is -0.0828. The Morgan fingerprint density at radius 3 is 1.97 bits per heavy atom. The molecule has 3 aliphatic rings. The van der Waals surface area contributed by atoms with Crippen molar-refractivity contribution in [3.05, 3.63) is 0 Å². The number of amides is 1. The van der Waals surface area contributed by atoms with E-state index in [9.17, 15) is 21.6 Å². The first kappa shape index (κ1) is 27.7. The smallest absolute Gasteiger partial charge is 0.413 e. The van der Waals surface area contributed by atoms with Gasteiger partial charge in [-0.25, -0.2) is 21.6 Å². The van der Waals surface area contributed by atoms with Crippen molar-refractivity contribution in [3.8, 4) is 0 Å². The minimum atomic E-state index is -3.82. The van der Waals surface area contributed by atoms with Crippen molar-refractivity contribution in [1.29, 1.82) is 0 Å². The zero-order chi connectivity index (χ0) is 25.8. The molecule has 0 unspecified atom stereocenters. The molecule has 0 aromatic carbocycles. The third kappa shape index (κ3) is 4.75. The van der Waals surface area contributed by atoms with Crippen LogP contribution in [0, 0.1) is 5.92 Å². The highest BCUT2D eigenvalue weighted by Gasteiger charge is 2.62. The molecule has 3 rings (SSSR count). The molecule has 1 saturated carbocycles. The Balaban J connectivity index is 1.99. The first-order chi connectivity index (χ1) is 15.4. The van der Waals surface area contributed by atoms with Crippen LogP contribution in [-0.4, -0.2) is 66.4 Å². The van der Waals surface area contributed by atoms with Crippen LogP contribution in [0.5, 0.6) is 0 Å². The molecule has 2 heterocycles. The van der Waals surface area contributed by atoms with Crippen molar-refractivity contribution in [1.82, 2.24) is 4.90 Å². The average molecular weight is 522 g/mol. The molecule has 198 valence electrons. The summed E-state index contributed by atoms with van der Waals surface area (Å²) in [5, 5.41) is 0. The largest absolute Gasteiger partial charge is 0.444 e. The van der Waals surface area contributed by atoms with E-state index in [1.807, 2.05) is 41.5 Å². The van der Waals surface area contributed by atoms with Crippen LogP contribution < -0.4 is 0 Å². The Bertz CT molecular complexity index is 957. The second kappa shape index (κ2) is 8.91. The molecule has 0 N–H and O–H groups in total. The van der Waals surface area contributed by atoms with Crippen LogP contribution in [0.15, 0.2) is 0 Å². The molecule has 8 nitrogen and oxygen atoms in total. The summed E-state index contributed by atoms with van der Waals surface area (Å²) >= 11 is 0. The van der Waals surface area contributed by atoms with Gasteiger partial charge < -0.3 is 9.47 Å². The molecular formula is C24H43NO7S2. The van der Waals surface area contributed by atoms with Gasteiger partial charge in [-0.2, -0.15) is 0 Å². The number of sulfone groups is 2. The average Bonchev–Trinajstić information content (AvgIpc) is 2.89. The molecule has 0 bridgehead atoms. The summed E-state index contributed by atoms with van der Waals surface area (Å²) in [6, 6.07) is 0. The molecule has 0 aromatic heterocycles. The van der Waals surface area contributed by atoms with Crippen LogP contribution in [0.25, 0.3) is 0 Å². The monoisotopic (exact) mass is 521 g/mol. The van der Waals surface area contributed by atoms with Gasteiger partial charge in [-0.3, -0.25) is 4.90 Å². The van der Waals surface area contributed by atoms with E-state index in [1.165, 1.54) is 6.92 Å². The highest BCUT2D eigenvalue weighted by molar-refractivity contribution is 8.10. The van der Waals surface area contributed by atoms with E-state index in [-0.39, 0.29) is 36.7 Å². The Morgan fingerprint density at radius 2 is 1.47 bits per heavy atom. The third-order valence-corrected chi connectivity index (χ3v) is 14.3. The maximum absolute atomic E-state index is 13.5. The number of ether oxygens (including phenoxy) is 2. The van der Waals surface area contributed by atoms with E-state index < -0.39 is 52.8 Å². The number of rotatable bonds is 4. The van der Waals surface area contributed by atoms with Gasteiger partial charge in [0.15, 0.2) is 23.8 Å². The third-order valence-electron chi connectivity index (χ3n) is 8.11. The molecule has 10 heteroatoms. The van der Waals surface area contributed by atoms with E-state index >= 15 is 0 Å². The summed E-state index contributed by atoms with van der Waals surface area (Å²) in [6.45, 7) is 12.5. The molecular weight excluding hydrogens is 478 g/mol. The molecule has 0 spiro atoms. The fourth-order valence-corrected chi connectivity index (χ4v) is 11.2. The molecule has 34 heavy (non-hydrogen) atoms. The van der Waals surface area contributed by atoms with Gasteiger partial charge in [-0.1, -0.05) is 19.3 Å². The second-order valence-corrected chi connectivity index (χ2v) is 17.4. The number of nitrogens with zero attached hydrogens (tertiary/aromatic N) is 1. The lowest BCUT2D eigenvalue weighted by atomic mass is 9.71. The lowest BCUT2D eigenvalue weighted by Gasteiger charge is -2.47. The zero-order valence-corrected chi connectivity index (χ0v) is 23.5. The first-order valence-electron chi connectivity index (χ1n) is 12.5. The standard InChI is InChI=1S/C24H43NO7S2/c1-21(2,3)32-20(26)25-22(4,5)31-19(24(25,7)18-12-9-8-10-13-18)14-15-23(6)33(27,28)16-11-17-34(23,29)30/h18-19H,8-17H2,1-7H3/t19-,24-/m0/s1. The number of carbonyl (C=O) groups is 1. The fraction of sp³-hybridized carbons (Fsp3) is 0.958. The van der Waals surface area contributed by atoms with Gasteiger partial charge in [0.25, 0.3) is 0 Å². The highest BCUT2D eigenvalue weighted by atomic mass is 32.3. The Morgan fingerprint density at radius 1 is 0.941 bits per heavy atom. The van der Waals surface area contributed by atoms with Crippen LogP contribution in [0.2, 0.25) is 0 Å². The predicted molar refractivity (Wildman–Crippen MR) is 132 cm³/mol. The zero-order valence-electron chi connectivity index (χ0n) is 21.8. The van der Waals surface area contributed by atoms with Gasteiger partial charge in [0.1, 0.15) is 11.3 Å².